The van der Waals surface area contributed by atoms with E-state index in [1.165, 1.54) is 24.3 Å². The molecular weight excluding hydrogens is 312 g/mol. The summed E-state index contributed by atoms with van der Waals surface area (Å²) in [6.45, 7) is -0.187. The first kappa shape index (κ1) is 15.3. The highest BCUT2D eigenvalue weighted by Gasteiger charge is 2.18. The van der Waals surface area contributed by atoms with Crippen LogP contribution in [0.5, 0.6) is 0 Å². The van der Waals surface area contributed by atoms with Crippen molar-refractivity contribution in [3.8, 4) is 6.07 Å². The molecule has 21 heavy (non-hydrogen) atoms. The molecule has 0 heterocycles. The number of benzene rings is 2. The maximum absolute atomic E-state index is 12.3. The van der Waals surface area contributed by atoms with Crippen molar-refractivity contribution < 1.29 is 13.5 Å². The molecular formula is C14H11ClN2O3S. The van der Waals surface area contributed by atoms with E-state index in [4.69, 9.17) is 22.0 Å². The van der Waals surface area contributed by atoms with Gasteiger partial charge in [-0.1, -0.05) is 23.7 Å². The van der Waals surface area contributed by atoms with Gasteiger partial charge in [0.15, 0.2) is 0 Å². The Bertz CT molecular complexity index is 813. The van der Waals surface area contributed by atoms with Gasteiger partial charge >= 0.3 is 0 Å². The fraction of sp³-hybridized carbons (Fsp3) is 0.0714. The van der Waals surface area contributed by atoms with E-state index in [9.17, 15) is 8.42 Å². The summed E-state index contributed by atoms with van der Waals surface area (Å²) in [6, 6.07) is 12.2. The Kier molecular flexibility index (Phi) is 4.48. The molecule has 0 aliphatic carbocycles. The van der Waals surface area contributed by atoms with Crippen LogP contribution in [0, 0.1) is 11.3 Å². The standard InChI is InChI=1S/C14H11ClN2O3S/c15-13-7-10(8-16)4-5-14(13)21(19,20)17-12-3-1-2-11(6-12)9-18/h1-7,17-18H,9H2. The largest absolute Gasteiger partial charge is 0.392 e. The average Bonchev–Trinajstić information content (AvgIpc) is 2.46. The van der Waals surface area contributed by atoms with Crippen LogP contribution in [-0.2, 0) is 16.6 Å². The molecule has 0 aliphatic rings. The summed E-state index contributed by atoms with van der Waals surface area (Å²) in [6.07, 6.45) is 0. The second kappa shape index (κ2) is 6.14. The predicted octanol–water partition coefficient (Wildman–Crippen LogP) is 2.50. The number of aliphatic hydroxyl groups excluding tert-OH is 1. The van der Waals surface area contributed by atoms with E-state index >= 15 is 0 Å². The van der Waals surface area contributed by atoms with Crippen molar-refractivity contribution in [2.45, 2.75) is 11.5 Å². The van der Waals surface area contributed by atoms with Crippen molar-refractivity contribution in [2.75, 3.05) is 4.72 Å². The number of nitriles is 1. The first-order valence-corrected chi connectivity index (χ1v) is 7.74. The molecule has 2 N–H and O–H groups in total. The van der Waals surface area contributed by atoms with Crippen molar-refractivity contribution in [3.63, 3.8) is 0 Å². The zero-order chi connectivity index (χ0) is 15.5. The number of rotatable bonds is 4. The molecule has 0 atom stereocenters. The maximum atomic E-state index is 12.3. The highest BCUT2D eigenvalue weighted by Crippen LogP contribution is 2.25. The van der Waals surface area contributed by atoms with Gasteiger partial charge in [-0.3, -0.25) is 4.72 Å². The van der Waals surface area contributed by atoms with E-state index in [0.717, 1.165) is 0 Å². The van der Waals surface area contributed by atoms with Crippen LogP contribution < -0.4 is 4.72 Å². The molecule has 5 nitrogen and oxygen atoms in total. The number of hydrogen-bond donors (Lipinski definition) is 2. The van der Waals surface area contributed by atoms with E-state index < -0.39 is 10.0 Å². The van der Waals surface area contributed by atoms with Crippen LogP contribution in [0.3, 0.4) is 0 Å². The SMILES string of the molecule is N#Cc1ccc(S(=O)(=O)Nc2cccc(CO)c2)c(Cl)c1. The number of hydrogen-bond acceptors (Lipinski definition) is 4. The topological polar surface area (TPSA) is 90.2 Å². The van der Waals surface area contributed by atoms with Crippen molar-refractivity contribution >= 4 is 27.3 Å². The smallest absolute Gasteiger partial charge is 0.263 e. The molecule has 0 amide bonds. The van der Waals surface area contributed by atoms with Crippen LogP contribution in [0.4, 0.5) is 5.69 Å². The molecule has 0 saturated carbocycles. The van der Waals surface area contributed by atoms with Crippen molar-refractivity contribution in [1.82, 2.24) is 0 Å². The van der Waals surface area contributed by atoms with Crippen LogP contribution in [0.2, 0.25) is 5.02 Å². The predicted molar refractivity (Wildman–Crippen MR) is 79.3 cm³/mol. The molecule has 0 aliphatic heterocycles. The third kappa shape index (κ3) is 3.52. The molecule has 0 fully saturated rings. The van der Waals surface area contributed by atoms with Crippen LogP contribution in [0.15, 0.2) is 47.4 Å². The average molecular weight is 323 g/mol. The molecule has 108 valence electrons. The summed E-state index contributed by atoms with van der Waals surface area (Å²) in [5.74, 6) is 0. The number of aliphatic hydroxyl groups is 1. The third-order valence-electron chi connectivity index (χ3n) is 2.71. The highest BCUT2D eigenvalue weighted by atomic mass is 35.5. The fourth-order valence-corrected chi connectivity index (χ4v) is 3.33. The molecule has 0 spiro atoms. The van der Waals surface area contributed by atoms with Gasteiger partial charge in [-0.05, 0) is 35.9 Å². The molecule has 2 aromatic carbocycles. The lowest BCUT2D eigenvalue weighted by Gasteiger charge is -2.10. The van der Waals surface area contributed by atoms with E-state index in [-0.39, 0.29) is 22.1 Å². The van der Waals surface area contributed by atoms with Gasteiger partial charge in [0.25, 0.3) is 10.0 Å². The Morgan fingerprint density at radius 1 is 1.24 bits per heavy atom. The van der Waals surface area contributed by atoms with E-state index in [1.807, 2.05) is 6.07 Å². The molecule has 2 rings (SSSR count). The maximum Gasteiger partial charge on any atom is 0.263 e. The highest BCUT2D eigenvalue weighted by molar-refractivity contribution is 7.92. The number of halogens is 1. The van der Waals surface area contributed by atoms with Crippen molar-refractivity contribution in [2.24, 2.45) is 0 Å². The molecule has 7 heteroatoms. The van der Waals surface area contributed by atoms with Crippen LogP contribution in [0.1, 0.15) is 11.1 Å². The summed E-state index contributed by atoms with van der Waals surface area (Å²) in [5.41, 5.74) is 1.18. The van der Waals surface area contributed by atoms with Gasteiger partial charge in [0.2, 0.25) is 0 Å². The van der Waals surface area contributed by atoms with E-state index in [2.05, 4.69) is 4.72 Å². The molecule has 0 saturated heterocycles. The number of nitrogens with zero attached hydrogens (tertiary/aromatic N) is 1. The quantitative estimate of drug-likeness (QED) is 0.905. The first-order chi connectivity index (χ1) is 9.96. The normalized spacial score (nSPS) is 10.9. The Morgan fingerprint density at radius 3 is 2.62 bits per heavy atom. The minimum atomic E-state index is -3.87. The molecule has 0 aromatic heterocycles. The minimum absolute atomic E-state index is 0.0279. The van der Waals surface area contributed by atoms with Crippen LogP contribution in [-0.4, -0.2) is 13.5 Å². The van der Waals surface area contributed by atoms with Gasteiger partial charge in [0.05, 0.1) is 23.3 Å². The number of sulfonamides is 1. The lowest BCUT2D eigenvalue weighted by atomic mass is 10.2. The van der Waals surface area contributed by atoms with Crippen molar-refractivity contribution in [1.29, 1.82) is 5.26 Å². The van der Waals surface area contributed by atoms with Gasteiger partial charge in [-0.25, -0.2) is 8.42 Å². The lowest BCUT2D eigenvalue weighted by molar-refractivity contribution is 0.282. The van der Waals surface area contributed by atoms with E-state index in [0.29, 0.717) is 11.3 Å². The summed E-state index contributed by atoms with van der Waals surface area (Å²) in [4.78, 5) is -0.113. The van der Waals surface area contributed by atoms with Crippen molar-refractivity contribution in [3.05, 3.63) is 58.6 Å². The molecule has 0 radical (unpaired) electrons. The Balaban J connectivity index is 2.36. The second-order valence-electron chi connectivity index (χ2n) is 4.22. The lowest BCUT2D eigenvalue weighted by Crippen LogP contribution is -2.13. The molecule has 0 bridgehead atoms. The fourth-order valence-electron chi connectivity index (χ4n) is 1.73. The molecule has 0 unspecified atom stereocenters. The monoisotopic (exact) mass is 322 g/mol. The van der Waals surface area contributed by atoms with Gasteiger partial charge in [0, 0.05) is 5.69 Å². The number of anilines is 1. The van der Waals surface area contributed by atoms with Crippen LogP contribution >= 0.6 is 11.6 Å². The second-order valence-corrected chi connectivity index (χ2v) is 6.28. The van der Waals surface area contributed by atoms with E-state index in [1.54, 1.807) is 18.2 Å². The summed E-state index contributed by atoms with van der Waals surface area (Å²) >= 11 is 5.91. The summed E-state index contributed by atoms with van der Waals surface area (Å²) in [5, 5.41) is 17.8. The van der Waals surface area contributed by atoms with Crippen LogP contribution in [0.25, 0.3) is 0 Å². The van der Waals surface area contributed by atoms with Gasteiger partial charge < -0.3 is 5.11 Å². The zero-order valence-corrected chi connectivity index (χ0v) is 12.3. The summed E-state index contributed by atoms with van der Waals surface area (Å²) < 4.78 is 26.9. The minimum Gasteiger partial charge on any atom is -0.392 e. The van der Waals surface area contributed by atoms with Gasteiger partial charge in [-0.15, -0.1) is 0 Å². The Morgan fingerprint density at radius 2 is 2.00 bits per heavy atom. The zero-order valence-electron chi connectivity index (χ0n) is 10.7. The Hall–Kier alpha value is -2.07. The summed E-state index contributed by atoms with van der Waals surface area (Å²) in [7, 11) is -3.87. The third-order valence-corrected chi connectivity index (χ3v) is 4.58. The molecule has 2 aromatic rings. The number of nitrogens with one attached hydrogen (secondary N) is 1. The first-order valence-electron chi connectivity index (χ1n) is 5.88. The van der Waals surface area contributed by atoms with Gasteiger partial charge in [-0.2, -0.15) is 5.26 Å². The Labute approximate surface area is 127 Å². The van der Waals surface area contributed by atoms with Gasteiger partial charge in [0.1, 0.15) is 4.90 Å².